The molecule has 0 atom stereocenters. The van der Waals surface area contributed by atoms with Gasteiger partial charge in [0.1, 0.15) is 0 Å². The molecule has 0 saturated heterocycles. The molecule has 1 aliphatic carbocycles. The fourth-order valence-electron chi connectivity index (χ4n) is 1.43. The van der Waals surface area contributed by atoms with Crippen LogP contribution in [0.2, 0.25) is 0 Å². The van der Waals surface area contributed by atoms with Crippen LogP contribution >= 0.6 is 0 Å². The van der Waals surface area contributed by atoms with E-state index in [1.165, 1.54) is 12.8 Å². The summed E-state index contributed by atoms with van der Waals surface area (Å²) in [6, 6.07) is 3.80. The van der Waals surface area contributed by atoms with E-state index in [4.69, 9.17) is 10.2 Å². The Bertz CT molecular complexity index is 308. The molecule has 1 aliphatic rings. The van der Waals surface area contributed by atoms with Crippen molar-refractivity contribution in [2.45, 2.75) is 32.0 Å². The summed E-state index contributed by atoms with van der Waals surface area (Å²) in [5, 5.41) is 17.9. The second-order valence-corrected chi connectivity index (χ2v) is 3.43. The Morgan fingerprint density at radius 3 is 2.54 bits per heavy atom. The molecule has 1 aromatic rings. The lowest BCUT2D eigenvalue weighted by molar-refractivity contribution is 0.255. The summed E-state index contributed by atoms with van der Waals surface area (Å²) in [4.78, 5) is 4.31. The first-order chi connectivity index (χ1) is 6.35. The number of hydrogen-bond acceptors (Lipinski definition) is 3. The zero-order valence-electron chi connectivity index (χ0n) is 7.40. The molecule has 13 heavy (non-hydrogen) atoms. The summed E-state index contributed by atoms with van der Waals surface area (Å²) in [5.74, 6) is 0.595. The molecular formula is C10H13NO2. The summed E-state index contributed by atoms with van der Waals surface area (Å²) < 4.78 is 0. The molecule has 2 N–H and O–H groups in total. The van der Waals surface area contributed by atoms with Gasteiger partial charge in [-0.1, -0.05) is 6.07 Å². The highest BCUT2D eigenvalue weighted by Gasteiger charge is 2.25. The van der Waals surface area contributed by atoms with Crippen molar-refractivity contribution >= 4 is 0 Å². The van der Waals surface area contributed by atoms with Gasteiger partial charge in [-0.2, -0.15) is 0 Å². The largest absolute Gasteiger partial charge is 0.392 e. The number of nitrogens with zero attached hydrogens (tertiary/aromatic N) is 1. The van der Waals surface area contributed by atoms with E-state index in [1.54, 1.807) is 0 Å². The van der Waals surface area contributed by atoms with Gasteiger partial charge in [0.05, 0.1) is 18.9 Å². The standard InChI is InChI=1S/C10H13NO2/c12-5-8-3-4-9(7-1-2-7)11-10(8)6-13/h3-4,7,12-13H,1-2,5-6H2. The molecule has 2 rings (SSSR count). The number of aliphatic hydroxyl groups is 2. The van der Waals surface area contributed by atoms with Crippen LogP contribution in [0.1, 0.15) is 35.7 Å². The van der Waals surface area contributed by atoms with Gasteiger partial charge in [0, 0.05) is 17.2 Å². The molecular weight excluding hydrogens is 166 g/mol. The fraction of sp³-hybridized carbons (Fsp3) is 0.500. The van der Waals surface area contributed by atoms with Crippen molar-refractivity contribution in [3.63, 3.8) is 0 Å². The lowest BCUT2D eigenvalue weighted by Crippen LogP contribution is -2.00. The molecule has 70 valence electrons. The Labute approximate surface area is 77.1 Å². The van der Waals surface area contributed by atoms with Crippen LogP contribution in [0.3, 0.4) is 0 Å². The lowest BCUT2D eigenvalue weighted by Gasteiger charge is -2.05. The van der Waals surface area contributed by atoms with Gasteiger partial charge >= 0.3 is 0 Å². The van der Waals surface area contributed by atoms with Crippen molar-refractivity contribution in [3.8, 4) is 0 Å². The van der Waals surface area contributed by atoms with E-state index in [0.29, 0.717) is 11.6 Å². The molecule has 0 amide bonds. The molecule has 0 aliphatic heterocycles. The van der Waals surface area contributed by atoms with Gasteiger partial charge < -0.3 is 10.2 Å². The highest BCUT2D eigenvalue weighted by molar-refractivity contribution is 5.25. The normalized spacial score (nSPS) is 16.2. The van der Waals surface area contributed by atoms with Crippen LogP contribution in [-0.4, -0.2) is 15.2 Å². The van der Waals surface area contributed by atoms with E-state index in [-0.39, 0.29) is 13.2 Å². The van der Waals surface area contributed by atoms with Gasteiger partial charge in [0.25, 0.3) is 0 Å². The van der Waals surface area contributed by atoms with Crippen molar-refractivity contribution in [1.82, 2.24) is 4.98 Å². The number of aliphatic hydroxyl groups excluding tert-OH is 2. The zero-order chi connectivity index (χ0) is 9.26. The van der Waals surface area contributed by atoms with Crippen LogP contribution < -0.4 is 0 Å². The Morgan fingerprint density at radius 1 is 1.23 bits per heavy atom. The van der Waals surface area contributed by atoms with Crippen LogP contribution in [0, 0.1) is 0 Å². The van der Waals surface area contributed by atoms with Crippen molar-refractivity contribution in [2.75, 3.05) is 0 Å². The molecule has 0 spiro atoms. The monoisotopic (exact) mass is 179 g/mol. The lowest BCUT2D eigenvalue weighted by atomic mass is 10.1. The van der Waals surface area contributed by atoms with E-state index < -0.39 is 0 Å². The topological polar surface area (TPSA) is 53.4 Å². The van der Waals surface area contributed by atoms with Crippen molar-refractivity contribution in [1.29, 1.82) is 0 Å². The van der Waals surface area contributed by atoms with Gasteiger partial charge in [0.15, 0.2) is 0 Å². The third-order valence-corrected chi connectivity index (χ3v) is 2.41. The molecule has 0 aromatic carbocycles. The second-order valence-electron chi connectivity index (χ2n) is 3.43. The summed E-state index contributed by atoms with van der Waals surface area (Å²) >= 11 is 0. The fourth-order valence-corrected chi connectivity index (χ4v) is 1.43. The first kappa shape index (κ1) is 8.66. The van der Waals surface area contributed by atoms with Crippen LogP contribution in [0.15, 0.2) is 12.1 Å². The Hall–Kier alpha value is -0.930. The smallest absolute Gasteiger partial charge is 0.0856 e. The number of aromatic nitrogens is 1. The first-order valence-electron chi connectivity index (χ1n) is 4.55. The van der Waals surface area contributed by atoms with E-state index in [1.807, 2.05) is 12.1 Å². The summed E-state index contributed by atoms with van der Waals surface area (Å²) in [7, 11) is 0. The predicted octanol–water partition coefficient (Wildman–Crippen LogP) is 0.944. The Morgan fingerprint density at radius 2 is 2.00 bits per heavy atom. The molecule has 3 nitrogen and oxygen atoms in total. The number of rotatable bonds is 3. The van der Waals surface area contributed by atoms with Crippen molar-refractivity contribution in [3.05, 3.63) is 29.1 Å². The summed E-state index contributed by atoms with van der Waals surface area (Å²) in [6.07, 6.45) is 2.41. The minimum atomic E-state index is -0.0869. The number of hydrogen-bond donors (Lipinski definition) is 2. The van der Waals surface area contributed by atoms with Crippen LogP contribution in [0.4, 0.5) is 0 Å². The van der Waals surface area contributed by atoms with Crippen molar-refractivity contribution < 1.29 is 10.2 Å². The molecule has 0 radical (unpaired) electrons. The third kappa shape index (κ3) is 1.71. The second kappa shape index (κ2) is 3.44. The number of pyridine rings is 1. The maximum atomic E-state index is 9.00. The zero-order valence-corrected chi connectivity index (χ0v) is 7.40. The van der Waals surface area contributed by atoms with Gasteiger partial charge in [-0.25, -0.2) is 0 Å². The SMILES string of the molecule is OCc1ccc(C2CC2)nc1CO. The molecule has 1 saturated carbocycles. The Kier molecular flexibility index (Phi) is 2.29. The van der Waals surface area contributed by atoms with Crippen molar-refractivity contribution in [2.24, 2.45) is 0 Å². The van der Waals surface area contributed by atoms with Gasteiger partial charge in [-0.3, -0.25) is 4.98 Å². The Balaban J connectivity index is 2.31. The molecule has 1 fully saturated rings. The minimum absolute atomic E-state index is 0.0478. The van der Waals surface area contributed by atoms with Gasteiger partial charge in [0.2, 0.25) is 0 Å². The van der Waals surface area contributed by atoms with E-state index >= 15 is 0 Å². The van der Waals surface area contributed by atoms with E-state index in [2.05, 4.69) is 4.98 Å². The minimum Gasteiger partial charge on any atom is -0.392 e. The molecule has 3 heteroatoms. The highest BCUT2D eigenvalue weighted by atomic mass is 16.3. The van der Waals surface area contributed by atoms with Crippen LogP contribution in [0.5, 0.6) is 0 Å². The van der Waals surface area contributed by atoms with Gasteiger partial charge in [-0.05, 0) is 18.9 Å². The molecule has 1 aromatic heterocycles. The average molecular weight is 179 g/mol. The first-order valence-corrected chi connectivity index (χ1v) is 4.55. The van der Waals surface area contributed by atoms with E-state index in [0.717, 1.165) is 11.3 Å². The molecule has 0 unspecified atom stereocenters. The summed E-state index contributed by atoms with van der Waals surface area (Å²) in [6.45, 7) is -0.135. The van der Waals surface area contributed by atoms with Crippen LogP contribution in [0.25, 0.3) is 0 Å². The molecule has 0 bridgehead atoms. The quantitative estimate of drug-likeness (QED) is 0.726. The highest BCUT2D eigenvalue weighted by Crippen LogP contribution is 2.39. The van der Waals surface area contributed by atoms with Gasteiger partial charge in [-0.15, -0.1) is 0 Å². The third-order valence-electron chi connectivity index (χ3n) is 2.41. The predicted molar refractivity (Wildman–Crippen MR) is 48.1 cm³/mol. The maximum Gasteiger partial charge on any atom is 0.0856 e. The molecule has 1 heterocycles. The maximum absolute atomic E-state index is 9.00. The average Bonchev–Trinajstić information content (AvgIpc) is 3.00. The summed E-state index contributed by atoms with van der Waals surface area (Å²) in [5.41, 5.74) is 2.40. The van der Waals surface area contributed by atoms with E-state index in [9.17, 15) is 0 Å². The van der Waals surface area contributed by atoms with Crippen LogP contribution in [-0.2, 0) is 13.2 Å².